The Morgan fingerprint density at radius 3 is 3.05 bits per heavy atom. The minimum atomic E-state index is -1.08. The van der Waals surface area contributed by atoms with Gasteiger partial charge < -0.3 is 24.8 Å². The summed E-state index contributed by atoms with van der Waals surface area (Å²) in [6, 6.07) is 5.53. The Hall–Kier alpha value is -2.28. The highest BCUT2D eigenvalue weighted by atomic mass is 16.5. The second-order valence-corrected chi connectivity index (χ2v) is 4.51. The number of hydrogen-bond donors (Lipinski definition) is 2. The quantitative estimate of drug-likeness (QED) is 0.876. The molecule has 1 aliphatic rings. The summed E-state index contributed by atoms with van der Waals surface area (Å²) in [6.07, 6.45) is 0. The maximum atomic E-state index is 12.2. The molecule has 114 valence electrons. The molecule has 0 bridgehead atoms. The molecule has 7 nitrogen and oxygen atoms in total. The molecule has 0 saturated carbocycles. The van der Waals surface area contributed by atoms with Crippen molar-refractivity contribution in [2.24, 2.45) is 0 Å². The second kappa shape index (κ2) is 6.94. The van der Waals surface area contributed by atoms with Crippen LogP contribution in [0.2, 0.25) is 0 Å². The van der Waals surface area contributed by atoms with Crippen LogP contribution in [-0.2, 0) is 9.53 Å². The first-order valence-corrected chi connectivity index (χ1v) is 6.73. The van der Waals surface area contributed by atoms with E-state index in [1.165, 1.54) is 4.90 Å². The van der Waals surface area contributed by atoms with Crippen LogP contribution in [0, 0.1) is 0 Å². The number of aliphatic carboxylic acids is 1. The van der Waals surface area contributed by atoms with Gasteiger partial charge in [-0.25, -0.2) is 9.59 Å². The molecule has 1 aliphatic heterocycles. The zero-order chi connectivity index (χ0) is 15.2. The van der Waals surface area contributed by atoms with Gasteiger partial charge in [0.2, 0.25) is 0 Å². The molecule has 2 N–H and O–H groups in total. The Kier molecular flexibility index (Phi) is 4.99. The summed E-state index contributed by atoms with van der Waals surface area (Å²) in [4.78, 5) is 24.6. The maximum Gasteiger partial charge on any atom is 0.328 e. The average molecular weight is 294 g/mol. The molecule has 1 heterocycles. The Balaban J connectivity index is 2.05. The topological polar surface area (TPSA) is 88.1 Å². The van der Waals surface area contributed by atoms with Gasteiger partial charge >= 0.3 is 12.0 Å². The molecule has 1 aromatic rings. The van der Waals surface area contributed by atoms with E-state index in [0.29, 0.717) is 24.7 Å². The molecule has 1 atom stereocenters. The Labute approximate surface area is 122 Å². The molecule has 0 aliphatic carbocycles. The number of urea groups is 1. The Morgan fingerprint density at radius 2 is 2.33 bits per heavy atom. The van der Waals surface area contributed by atoms with Crippen LogP contribution in [0.25, 0.3) is 0 Å². The highest BCUT2D eigenvalue weighted by Crippen LogP contribution is 2.18. The van der Waals surface area contributed by atoms with Gasteiger partial charge in [0.1, 0.15) is 5.75 Å². The fourth-order valence-corrected chi connectivity index (χ4v) is 2.08. The smallest absolute Gasteiger partial charge is 0.328 e. The lowest BCUT2D eigenvalue weighted by atomic mass is 10.2. The first kappa shape index (κ1) is 15.1. The van der Waals surface area contributed by atoms with Gasteiger partial charge in [-0.05, 0) is 19.1 Å². The van der Waals surface area contributed by atoms with E-state index in [9.17, 15) is 9.59 Å². The molecular formula is C14H18N2O5. The van der Waals surface area contributed by atoms with Crippen molar-refractivity contribution in [2.75, 3.05) is 31.7 Å². The zero-order valence-electron chi connectivity index (χ0n) is 11.7. The summed E-state index contributed by atoms with van der Waals surface area (Å²) in [5.41, 5.74) is 0.557. The van der Waals surface area contributed by atoms with E-state index in [1.54, 1.807) is 24.3 Å². The average Bonchev–Trinajstić information content (AvgIpc) is 2.48. The minimum Gasteiger partial charge on any atom is -0.494 e. The van der Waals surface area contributed by atoms with Crippen LogP contribution in [-0.4, -0.2) is 54.4 Å². The summed E-state index contributed by atoms with van der Waals surface area (Å²) in [7, 11) is 0. The van der Waals surface area contributed by atoms with Crippen molar-refractivity contribution in [3.05, 3.63) is 24.3 Å². The zero-order valence-corrected chi connectivity index (χ0v) is 11.7. The number of nitrogens with zero attached hydrogens (tertiary/aromatic N) is 1. The number of hydrogen-bond acceptors (Lipinski definition) is 4. The molecule has 0 spiro atoms. The van der Waals surface area contributed by atoms with Gasteiger partial charge in [-0.2, -0.15) is 0 Å². The van der Waals surface area contributed by atoms with Crippen molar-refractivity contribution in [3.63, 3.8) is 0 Å². The summed E-state index contributed by atoms with van der Waals surface area (Å²) in [6.45, 7) is 2.98. The van der Waals surface area contributed by atoms with Gasteiger partial charge in [0, 0.05) is 18.3 Å². The number of carboxylic acid groups (broad SMARTS) is 1. The van der Waals surface area contributed by atoms with Crippen LogP contribution in [0.4, 0.5) is 10.5 Å². The third-order valence-corrected chi connectivity index (χ3v) is 3.07. The van der Waals surface area contributed by atoms with Crippen molar-refractivity contribution in [1.29, 1.82) is 0 Å². The Bertz CT molecular complexity index is 520. The van der Waals surface area contributed by atoms with Crippen LogP contribution in [0.5, 0.6) is 5.75 Å². The lowest BCUT2D eigenvalue weighted by Gasteiger charge is -2.32. The molecule has 1 saturated heterocycles. The number of carboxylic acids is 1. The normalized spacial score (nSPS) is 18.1. The molecule has 1 unspecified atom stereocenters. The summed E-state index contributed by atoms with van der Waals surface area (Å²) >= 11 is 0. The van der Waals surface area contributed by atoms with E-state index < -0.39 is 18.0 Å². The predicted octanol–water partition coefficient (Wildman–Crippen LogP) is 1.40. The monoisotopic (exact) mass is 294 g/mol. The number of ether oxygens (including phenoxy) is 2. The maximum absolute atomic E-state index is 12.2. The first-order chi connectivity index (χ1) is 10.1. The fourth-order valence-electron chi connectivity index (χ4n) is 2.08. The number of carbonyl (C=O) groups is 2. The number of benzene rings is 1. The largest absolute Gasteiger partial charge is 0.494 e. The van der Waals surface area contributed by atoms with E-state index in [1.807, 2.05) is 6.92 Å². The van der Waals surface area contributed by atoms with Crippen molar-refractivity contribution in [3.8, 4) is 5.75 Å². The van der Waals surface area contributed by atoms with Gasteiger partial charge in [0.15, 0.2) is 6.04 Å². The van der Waals surface area contributed by atoms with Crippen LogP contribution in [0.3, 0.4) is 0 Å². The fraction of sp³-hybridized carbons (Fsp3) is 0.429. The first-order valence-electron chi connectivity index (χ1n) is 6.73. The predicted molar refractivity (Wildman–Crippen MR) is 75.6 cm³/mol. The third kappa shape index (κ3) is 3.85. The second-order valence-electron chi connectivity index (χ2n) is 4.51. The van der Waals surface area contributed by atoms with Gasteiger partial charge in [-0.3, -0.25) is 0 Å². The lowest BCUT2D eigenvalue weighted by Crippen LogP contribution is -2.53. The number of morpholine rings is 1. The van der Waals surface area contributed by atoms with Gasteiger partial charge in [-0.1, -0.05) is 6.07 Å². The molecule has 1 fully saturated rings. The van der Waals surface area contributed by atoms with Gasteiger partial charge in [-0.15, -0.1) is 0 Å². The third-order valence-electron chi connectivity index (χ3n) is 3.07. The van der Waals surface area contributed by atoms with Gasteiger partial charge in [0.05, 0.1) is 19.8 Å². The van der Waals surface area contributed by atoms with Crippen molar-refractivity contribution >= 4 is 17.7 Å². The highest BCUT2D eigenvalue weighted by Gasteiger charge is 2.32. The highest BCUT2D eigenvalue weighted by molar-refractivity contribution is 5.92. The number of anilines is 1. The van der Waals surface area contributed by atoms with E-state index >= 15 is 0 Å². The minimum absolute atomic E-state index is 0.00173. The molecule has 2 amide bonds. The molecule has 7 heteroatoms. The number of carbonyl (C=O) groups excluding carboxylic acids is 1. The molecule has 2 rings (SSSR count). The van der Waals surface area contributed by atoms with Crippen LogP contribution >= 0.6 is 0 Å². The number of amides is 2. The molecular weight excluding hydrogens is 276 g/mol. The van der Waals surface area contributed by atoms with Crippen molar-refractivity contribution < 1.29 is 24.2 Å². The van der Waals surface area contributed by atoms with Crippen LogP contribution in [0.15, 0.2) is 24.3 Å². The molecule has 0 aromatic heterocycles. The molecule has 0 radical (unpaired) electrons. The van der Waals surface area contributed by atoms with E-state index in [0.717, 1.165) is 0 Å². The SMILES string of the molecule is CCOc1cccc(NC(=O)N2CCOCC2C(=O)O)c1. The van der Waals surface area contributed by atoms with E-state index in [2.05, 4.69) is 5.32 Å². The number of nitrogens with one attached hydrogen (secondary N) is 1. The summed E-state index contributed by atoms with van der Waals surface area (Å²) in [5.74, 6) is -0.431. The number of rotatable bonds is 4. The van der Waals surface area contributed by atoms with Crippen LogP contribution in [0.1, 0.15) is 6.92 Å². The molecule has 1 aromatic carbocycles. The van der Waals surface area contributed by atoms with E-state index in [4.69, 9.17) is 14.6 Å². The van der Waals surface area contributed by atoms with E-state index in [-0.39, 0.29) is 13.2 Å². The van der Waals surface area contributed by atoms with Crippen LogP contribution < -0.4 is 10.1 Å². The Morgan fingerprint density at radius 1 is 1.52 bits per heavy atom. The summed E-state index contributed by atoms with van der Waals surface area (Å²) in [5, 5.41) is 11.8. The standard InChI is InChI=1S/C14H18N2O5/c1-2-21-11-5-3-4-10(8-11)15-14(19)16-6-7-20-9-12(16)13(17)18/h3-5,8,12H,2,6-7,9H2,1H3,(H,15,19)(H,17,18). The summed E-state index contributed by atoms with van der Waals surface area (Å²) < 4.78 is 10.5. The molecule has 21 heavy (non-hydrogen) atoms. The van der Waals surface area contributed by atoms with Gasteiger partial charge in [0.25, 0.3) is 0 Å². The lowest BCUT2D eigenvalue weighted by molar-refractivity contribution is -0.147. The van der Waals surface area contributed by atoms with Crippen molar-refractivity contribution in [1.82, 2.24) is 4.90 Å². The van der Waals surface area contributed by atoms with Crippen molar-refractivity contribution in [2.45, 2.75) is 13.0 Å².